The van der Waals surface area contributed by atoms with Crippen LogP contribution in [0.1, 0.15) is 64.7 Å². The van der Waals surface area contributed by atoms with Gasteiger partial charge in [0.15, 0.2) is 0 Å². The first-order valence-electron chi connectivity index (χ1n) is 18.3. The minimum Gasteiger partial charge on any atom is -0.494 e. The van der Waals surface area contributed by atoms with Crippen molar-refractivity contribution in [3.8, 4) is 29.1 Å². The predicted molar refractivity (Wildman–Crippen MR) is 210 cm³/mol. The van der Waals surface area contributed by atoms with Crippen LogP contribution in [-0.2, 0) is 36.5 Å². The number of amides is 1. The minimum absolute atomic E-state index is 0.0980. The summed E-state index contributed by atoms with van der Waals surface area (Å²) in [6.07, 6.45) is 0.465. The number of alkyl halides is 3. The van der Waals surface area contributed by atoms with Crippen molar-refractivity contribution < 1.29 is 56.0 Å². The lowest BCUT2D eigenvalue weighted by molar-refractivity contribution is -0.138. The van der Waals surface area contributed by atoms with E-state index in [-0.39, 0.29) is 30.8 Å². The Morgan fingerprint density at radius 2 is 1.14 bits per heavy atom. The number of carbonyl (C=O) groups is 4. The Bertz CT molecular complexity index is 2080. The molecule has 0 unspecified atom stereocenters. The van der Waals surface area contributed by atoms with E-state index in [2.05, 4.69) is 30.3 Å². The number of hydrogen-bond donors (Lipinski definition) is 1. The largest absolute Gasteiger partial charge is 0.494 e. The first kappa shape index (κ1) is 43.9. The summed E-state index contributed by atoms with van der Waals surface area (Å²) in [4.78, 5) is 47.4. The Morgan fingerprint density at radius 3 is 1.69 bits per heavy atom. The lowest BCUT2D eigenvalue weighted by atomic mass is 10.1. The van der Waals surface area contributed by atoms with Gasteiger partial charge in [-0.2, -0.15) is 13.2 Å². The number of benzene rings is 4. The summed E-state index contributed by atoms with van der Waals surface area (Å²) in [6, 6.07) is 23.0. The van der Waals surface area contributed by atoms with Crippen molar-refractivity contribution in [2.45, 2.75) is 44.7 Å². The van der Waals surface area contributed by atoms with Crippen LogP contribution in [0.15, 0.2) is 116 Å². The van der Waals surface area contributed by atoms with Crippen LogP contribution in [0.3, 0.4) is 0 Å². The van der Waals surface area contributed by atoms with E-state index in [1.165, 1.54) is 30.3 Å². The first-order chi connectivity index (χ1) is 27.9. The van der Waals surface area contributed by atoms with Crippen LogP contribution in [0.4, 0.5) is 18.9 Å². The van der Waals surface area contributed by atoms with Crippen LogP contribution >= 0.6 is 0 Å². The molecule has 4 aromatic carbocycles. The maximum Gasteiger partial charge on any atom is 0.418 e. The van der Waals surface area contributed by atoms with Crippen molar-refractivity contribution in [2.24, 2.45) is 0 Å². The summed E-state index contributed by atoms with van der Waals surface area (Å²) in [5.74, 6) is 4.93. The molecular formula is C45H42F3NO9. The highest BCUT2D eigenvalue weighted by Crippen LogP contribution is 2.36. The molecule has 10 nitrogen and oxygen atoms in total. The molecule has 0 aliphatic carbocycles. The molecule has 13 heteroatoms. The Labute approximate surface area is 334 Å². The molecule has 4 rings (SSSR count). The summed E-state index contributed by atoms with van der Waals surface area (Å²) in [6.45, 7) is 7.95. The number of rotatable bonds is 20. The standard InChI is InChI=1S/C45H42F3NO9/c1-3-41(50)56-29-7-5-27-54-36-19-17-35(18-20-36)44(53)49-40-25-15-34(31-39(40)45(46,47)48)14-13-32-9-11-33(12-10-32)16-26-43(52)58-38-23-21-37(22-24-38)55-28-6-8-30-57-42(51)4-2/h3-4,9-12,15,17-25,31H,1-2,5-8,16,26-30H2,(H,49,53). The second kappa shape index (κ2) is 22.7. The molecule has 0 saturated heterocycles. The topological polar surface area (TPSA) is 126 Å². The summed E-state index contributed by atoms with van der Waals surface area (Å²) in [5.41, 5.74) is 0.165. The summed E-state index contributed by atoms with van der Waals surface area (Å²) in [7, 11) is 0. The number of anilines is 1. The number of carbonyl (C=O) groups excluding carboxylic acids is 4. The molecule has 1 N–H and O–H groups in total. The SMILES string of the molecule is C=CC(=O)OCCCCOc1ccc(OC(=O)CCc2ccc(C#Cc3ccc(NC(=O)c4ccc(OCCCCOC(=O)C=C)cc4)c(C(F)(F)F)c3)cc2)cc1. The second-order valence-electron chi connectivity index (χ2n) is 12.5. The summed E-state index contributed by atoms with van der Waals surface area (Å²) < 4.78 is 68.7. The van der Waals surface area contributed by atoms with Gasteiger partial charge in [-0.25, -0.2) is 9.59 Å². The molecular weight excluding hydrogens is 755 g/mol. The van der Waals surface area contributed by atoms with Crippen LogP contribution in [0, 0.1) is 11.8 Å². The number of nitrogens with one attached hydrogen (secondary N) is 1. The zero-order valence-electron chi connectivity index (χ0n) is 31.6. The highest BCUT2D eigenvalue weighted by Gasteiger charge is 2.34. The van der Waals surface area contributed by atoms with E-state index in [9.17, 15) is 32.3 Å². The van der Waals surface area contributed by atoms with Crippen molar-refractivity contribution in [1.29, 1.82) is 0 Å². The van der Waals surface area contributed by atoms with Crippen LogP contribution in [0.25, 0.3) is 0 Å². The molecule has 0 aliphatic heterocycles. The third-order valence-corrected chi connectivity index (χ3v) is 8.10. The second-order valence-corrected chi connectivity index (χ2v) is 12.5. The van der Waals surface area contributed by atoms with Gasteiger partial charge in [-0.15, -0.1) is 0 Å². The van der Waals surface area contributed by atoms with Crippen LogP contribution in [-0.4, -0.2) is 50.2 Å². The van der Waals surface area contributed by atoms with Gasteiger partial charge in [0.25, 0.3) is 5.91 Å². The maximum atomic E-state index is 14.1. The molecule has 0 spiro atoms. The molecule has 0 heterocycles. The number of halogens is 3. The van der Waals surface area contributed by atoms with E-state index in [1.54, 1.807) is 48.5 Å². The Kier molecular flexibility index (Phi) is 17.2. The fourth-order valence-electron chi connectivity index (χ4n) is 5.05. The van der Waals surface area contributed by atoms with Gasteiger partial charge in [0.2, 0.25) is 0 Å². The molecule has 0 atom stereocenters. The third kappa shape index (κ3) is 15.4. The van der Waals surface area contributed by atoms with Crippen molar-refractivity contribution in [1.82, 2.24) is 0 Å². The van der Waals surface area contributed by atoms with E-state index >= 15 is 0 Å². The molecule has 0 radical (unpaired) electrons. The Balaban J connectivity index is 1.23. The molecule has 58 heavy (non-hydrogen) atoms. The number of unbranched alkanes of at least 4 members (excludes halogenated alkanes) is 2. The van der Waals surface area contributed by atoms with Crippen molar-refractivity contribution in [3.63, 3.8) is 0 Å². The van der Waals surface area contributed by atoms with Gasteiger partial charge >= 0.3 is 24.1 Å². The molecule has 0 bridgehead atoms. The normalized spacial score (nSPS) is 10.6. The van der Waals surface area contributed by atoms with Crippen LogP contribution in [0.5, 0.6) is 17.2 Å². The first-order valence-corrected chi connectivity index (χ1v) is 18.3. The minimum atomic E-state index is -4.77. The number of aryl methyl sites for hydroxylation is 1. The average Bonchev–Trinajstić information content (AvgIpc) is 3.22. The van der Waals surface area contributed by atoms with E-state index in [0.717, 1.165) is 29.8 Å². The molecule has 0 aromatic heterocycles. The van der Waals surface area contributed by atoms with Gasteiger partial charge in [0.05, 0.1) is 37.7 Å². The lowest BCUT2D eigenvalue weighted by Crippen LogP contribution is -2.17. The van der Waals surface area contributed by atoms with E-state index in [1.807, 2.05) is 0 Å². The smallest absolute Gasteiger partial charge is 0.418 e. The van der Waals surface area contributed by atoms with Gasteiger partial charge < -0.3 is 29.0 Å². The fraction of sp³-hybridized carbons (Fsp3) is 0.244. The van der Waals surface area contributed by atoms with Gasteiger partial charge in [-0.3, -0.25) is 9.59 Å². The lowest BCUT2D eigenvalue weighted by Gasteiger charge is -2.14. The van der Waals surface area contributed by atoms with Gasteiger partial charge in [0.1, 0.15) is 17.2 Å². The van der Waals surface area contributed by atoms with Crippen molar-refractivity contribution >= 4 is 29.5 Å². The third-order valence-electron chi connectivity index (χ3n) is 8.10. The highest BCUT2D eigenvalue weighted by molar-refractivity contribution is 6.04. The van der Waals surface area contributed by atoms with Gasteiger partial charge in [0, 0.05) is 35.3 Å². The molecule has 0 saturated carbocycles. The number of esters is 3. The number of hydrogen-bond acceptors (Lipinski definition) is 9. The van der Waals surface area contributed by atoms with Gasteiger partial charge in [-0.05, 0) is 117 Å². The predicted octanol–water partition coefficient (Wildman–Crippen LogP) is 8.67. The highest BCUT2D eigenvalue weighted by atomic mass is 19.4. The quantitative estimate of drug-likeness (QED) is 0.0307. The van der Waals surface area contributed by atoms with Crippen LogP contribution < -0.4 is 19.5 Å². The zero-order valence-corrected chi connectivity index (χ0v) is 31.6. The molecule has 302 valence electrons. The molecule has 1 amide bonds. The van der Waals surface area contributed by atoms with E-state index < -0.39 is 41.2 Å². The van der Waals surface area contributed by atoms with Crippen molar-refractivity contribution in [2.75, 3.05) is 31.7 Å². The Morgan fingerprint density at radius 1 is 0.638 bits per heavy atom. The summed E-state index contributed by atoms with van der Waals surface area (Å²) in [5, 5.41) is 2.34. The zero-order chi connectivity index (χ0) is 41.8. The number of ether oxygens (including phenoxy) is 5. The molecule has 0 aliphatic rings. The van der Waals surface area contributed by atoms with Crippen LogP contribution in [0.2, 0.25) is 0 Å². The van der Waals surface area contributed by atoms with Crippen molar-refractivity contribution in [3.05, 3.63) is 144 Å². The Hall–Kier alpha value is -6.81. The maximum absolute atomic E-state index is 14.1. The fourth-order valence-corrected chi connectivity index (χ4v) is 5.05. The van der Waals surface area contributed by atoms with Gasteiger partial charge in [-0.1, -0.05) is 37.1 Å². The molecule has 0 fully saturated rings. The van der Waals surface area contributed by atoms with E-state index in [4.69, 9.17) is 23.7 Å². The van der Waals surface area contributed by atoms with E-state index in [0.29, 0.717) is 68.1 Å². The summed E-state index contributed by atoms with van der Waals surface area (Å²) >= 11 is 0. The molecule has 4 aromatic rings. The average molecular weight is 798 g/mol. The monoisotopic (exact) mass is 797 g/mol.